The molecule has 28 heavy (non-hydrogen) atoms. The summed E-state index contributed by atoms with van der Waals surface area (Å²) in [7, 11) is 1.69. The van der Waals surface area contributed by atoms with E-state index >= 15 is 0 Å². The first kappa shape index (κ1) is 22.0. The zero-order valence-electron chi connectivity index (χ0n) is 17.5. The summed E-state index contributed by atoms with van der Waals surface area (Å²) in [5, 5.41) is 9.43. The summed E-state index contributed by atoms with van der Waals surface area (Å²) >= 11 is 0. The molecule has 0 saturated carbocycles. The molecule has 7 nitrogen and oxygen atoms in total. The highest BCUT2D eigenvalue weighted by Gasteiger charge is 2.22. The molecule has 1 atom stereocenters. The average molecular weight is 390 g/mol. The lowest BCUT2D eigenvalue weighted by molar-refractivity contribution is -0.119. The van der Waals surface area contributed by atoms with Gasteiger partial charge in [-0.2, -0.15) is 0 Å². The predicted octanol–water partition coefficient (Wildman–Crippen LogP) is 1.91. The second-order valence-corrected chi connectivity index (χ2v) is 6.92. The summed E-state index contributed by atoms with van der Waals surface area (Å²) in [6, 6.07) is 8.55. The zero-order valence-corrected chi connectivity index (χ0v) is 17.5. The van der Waals surface area contributed by atoms with Crippen LogP contribution in [0.2, 0.25) is 0 Å². The van der Waals surface area contributed by atoms with Crippen molar-refractivity contribution >= 4 is 11.9 Å². The Balaban J connectivity index is 2.08. The highest BCUT2D eigenvalue weighted by Crippen LogP contribution is 2.25. The Morgan fingerprint density at radius 2 is 1.75 bits per heavy atom. The lowest BCUT2D eigenvalue weighted by atomic mass is 10.0. The van der Waals surface area contributed by atoms with Crippen molar-refractivity contribution in [1.29, 1.82) is 0 Å². The van der Waals surface area contributed by atoms with Crippen LogP contribution in [0, 0.1) is 0 Å². The van der Waals surface area contributed by atoms with Crippen molar-refractivity contribution in [2.45, 2.75) is 39.2 Å². The van der Waals surface area contributed by atoms with Crippen molar-refractivity contribution in [2.75, 3.05) is 46.4 Å². The van der Waals surface area contributed by atoms with Gasteiger partial charge in [-0.3, -0.25) is 9.69 Å². The van der Waals surface area contributed by atoms with Crippen molar-refractivity contribution in [3.8, 4) is 5.75 Å². The number of guanidine groups is 1. The average Bonchev–Trinajstić information content (AvgIpc) is 2.73. The summed E-state index contributed by atoms with van der Waals surface area (Å²) in [5.41, 5.74) is 1.26. The first-order valence-corrected chi connectivity index (χ1v) is 10.3. The van der Waals surface area contributed by atoms with Crippen LogP contribution in [-0.4, -0.2) is 63.1 Å². The maximum absolute atomic E-state index is 11.7. The van der Waals surface area contributed by atoms with Gasteiger partial charge in [-0.1, -0.05) is 18.6 Å². The van der Waals surface area contributed by atoms with E-state index in [0.29, 0.717) is 12.5 Å². The molecule has 1 aromatic rings. The molecular weight excluding hydrogens is 354 g/mol. The summed E-state index contributed by atoms with van der Waals surface area (Å²) < 4.78 is 5.30. The molecule has 0 aliphatic carbocycles. The monoisotopic (exact) mass is 389 g/mol. The molecule has 1 saturated heterocycles. The van der Waals surface area contributed by atoms with Gasteiger partial charge in [0.2, 0.25) is 5.91 Å². The molecule has 156 valence electrons. The fourth-order valence-corrected chi connectivity index (χ4v) is 3.45. The van der Waals surface area contributed by atoms with Gasteiger partial charge in [0.1, 0.15) is 12.3 Å². The fraction of sp³-hybridized carbons (Fsp3) is 0.619. The van der Waals surface area contributed by atoms with Gasteiger partial charge in [-0.25, -0.2) is 4.99 Å². The number of hydrogen-bond donors (Lipinski definition) is 3. The summed E-state index contributed by atoms with van der Waals surface area (Å²) in [4.78, 5) is 18.7. The smallest absolute Gasteiger partial charge is 0.241 e. The SMILES string of the molecule is CCNC(=O)CN=C(NCC)NCC(c1ccc(OC)cc1)N1CCCCC1. The number of nitrogens with zero attached hydrogens (tertiary/aromatic N) is 2. The van der Waals surface area contributed by atoms with Crippen LogP contribution < -0.4 is 20.7 Å². The van der Waals surface area contributed by atoms with E-state index in [2.05, 4.69) is 38.0 Å². The minimum Gasteiger partial charge on any atom is -0.497 e. The van der Waals surface area contributed by atoms with Gasteiger partial charge in [-0.05, 0) is 57.5 Å². The number of ether oxygens (including phenoxy) is 1. The van der Waals surface area contributed by atoms with E-state index < -0.39 is 0 Å². The molecule has 0 spiro atoms. The van der Waals surface area contributed by atoms with E-state index in [1.807, 2.05) is 26.0 Å². The largest absolute Gasteiger partial charge is 0.497 e. The molecule has 3 N–H and O–H groups in total. The Morgan fingerprint density at radius 1 is 1.07 bits per heavy atom. The van der Waals surface area contributed by atoms with Crippen LogP contribution in [0.25, 0.3) is 0 Å². The molecule has 1 aliphatic heterocycles. The molecule has 1 fully saturated rings. The number of methoxy groups -OCH3 is 1. The van der Waals surface area contributed by atoms with E-state index in [9.17, 15) is 4.79 Å². The minimum atomic E-state index is -0.0672. The summed E-state index contributed by atoms with van der Waals surface area (Å²) in [6.45, 7) is 8.35. The van der Waals surface area contributed by atoms with Gasteiger partial charge < -0.3 is 20.7 Å². The number of carbonyl (C=O) groups is 1. The highest BCUT2D eigenvalue weighted by atomic mass is 16.5. The third-order valence-corrected chi connectivity index (χ3v) is 4.89. The maximum atomic E-state index is 11.7. The van der Waals surface area contributed by atoms with Crippen LogP contribution in [-0.2, 0) is 4.79 Å². The van der Waals surface area contributed by atoms with Crippen LogP contribution in [0.1, 0.15) is 44.7 Å². The minimum absolute atomic E-state index is 0.0672. The zero-order chi connectivity index (χ0) is 20.2. The molecule has 2 rings (SSSR count). The topological polar surface area (TPSA) is 78.0 Å². The number of amides is 1. The normalized spacial score (nSPS) is 16.3. The third-order valence-electron chi connectivity index (χ3n) is 4.89. The van der Waals surface area contributed by atoms with Crippen molar-refractivity contribution in [1.82, 2.24) is 20.9 Å². The molecule has 0 aromatic heterocycles. The Labute approximate surface area is 168 Å². The van der Waals surface area contributed by atoms with Gasteiger partial charge >= 0.3 is 0 Å². The van der Waals surface area contributed by atoms with Gasteiger partial charge in [0, 0.05) is 19.6 Å². The molecule has 1 unspecified atom stereocenters. The van der Waals surface area contributed by atoms with E-state index in [1.54, 1.807) is 7.11 Å². The Hall–Kier alpha value is -2.28. The summed E-state index contributed by atoms with van der Waals surface area (Å²) in [5.74, 6) is 1.47. The number of aliphatic imine (C=N–C) groups is 1. The number of rotatable bonds is 9. The number of hydrogen-bond acceptors (Lipinski definition) is 4. The summed E-state index contributed by atoms with van der Waals surface area (Å²) in [6.07, 6.45) is 3.77. The molecule has 0 radical (unpaired) electrons. The maximum Gasteiger partial charge on any atom is 0.241 e. The quantitative estimate of drug-likeness (QED) is 0.444. The van der Waals surface area contributed by atoms with E-state index in [-0.39, 0.29) is 18.5 Å². The van der Waals surface area contributed by atoms with Crippen LogP contribution in [0.15, 0.2) is 29.3 Å². The van der Waals surface area contributed by atoms with Gasteiger partial charge in [0.05, 0.1) is 13.2 Å². The van der Waals surface area contributed by atoms with Crippen molar-refractivity contribution in [3.63, 3.8) is 0 Å². The lowest BCUT2D eigenvalue weighted by Crippen LogP contribution is -2.44. The lowest BCUT2D eigenvalue weighted by Gasteiger charge is -2.35. The van der Waals surface area contributed by atoms with Crippen LogP contribution in [0.3, 0.4) is 0 Å². The predicted molar refractivity (Wildman–Crippen MR) is 114 cm³/mol. The Morgan fingerprint density at radius 3 is 2.36 bits per heavy atom. The Bertz CT molecular complexity index is 612. The third kappa shape index (κ3) is 7.03. The molecule has 7 heteroatoms. The number of benzene rings is 1. The van der Waals surface area contributed by atoms with Gasteiger partial charge in [0.15, 0.2) is 5.96 Å². The molecule has 1 amide bonds. The van der Waals surface area contributed by atoms with Crippen LogP contribution in [0.4, 0.5) is 0 Å². The molecule has 1 aromatic carbocycles. The molecular formula is C21H35N5O2. The van der Waals surface area contributed by atoms with Crippen molar-refractivity contribution in [3.05, 3.63) is 29.8 Å². The van der Waals surface area contributed by atoms with Crippen LogP contribution in [0.5, 0.6) is 5.75 Å². The number of likely N-dealkylation sites (tertiary alicyclic amines) is 1. The molecule has 0 bridgehead atoms. The first-order valence-electron chi connectivity index (χ1n) is 10.3. The second-order valence-electron chi connectivity index (χ2n) is 6.92. The van der Waals surface area contributed by atoms with Gasteiger partial charge in [-0.15, -0.1) is 0 Å². The van der Waals surface area contributed by atoms with Crippen molar-refractivity contribution < 1.29 is 9.53 Å². The molecule has 1 aliphatic rings. The van der Waals surface area contributed by atoms with Crippen LogP contribution >= 0.6 is 0 Å². The van der Waals surface area contributed by atoms with E-state index in [4.69, 9.17) is 4.74 Å². The second kappa shape index (κ2) is 12.2. The Kier molecular flexibility index (Phi) is 9.62. The number of nitrogens with one attached hydrogen (secondary N) is 3. The number of carbonyl (C=O) groups excluding carboxylic acids is 1. The number of piperidine rings is 1. The number of likely N-dealkylation sites (N-methyl/N-ethyl adjacent to an activating group) is 1. The highest BCUT2D eigenvalue weighted by molar-refractivity contribution is 5.84. The van der Waals surface area contributed by atoms with Gasteiger partial charge in [0.25, 0.3) is 0 Å². The van der Waals surface area contributed by atoms with E-state index in [1.165, 1.54) is 24.8 Å². The standard InChI is InChI=1S/C21H35N5O2/c1-4-22-20(27)16-25-21(23-5-2)24-15-19(26-13-7-6-8-14-26)17-9-11-18(28-3)12-10-17/h9-12,19H,4-8,13-16H2,1-3H3,(H,22,27)(H2,23,24,25). The van der Waals surface area contributed by atoms with E-state index in [0.717, 1.165) is 31.9 Å². The first-order chi connectivity index (χ1) is 13.7. The van der Waals surface area contributed by atoms with Crippen molar-refractivity contribution in [2.24, 2.45) is 4.99 Å². The molecule has 1 heterocycles. The fourth-order valence-electron chi connectivity index (χ4n) is 3.45.